The van der Waals surface area contributed by atoms with Gasteiger partial charge in [-0.2, -0.15) is 0 Å². The molecule has 0 bridgehead atoms. The molecule has 2 heteroatoms. The molecule has 0 spiro atoms. The van der Waals surface area contributed by atoms with E-state index in [9.17, 15) is 9.90 Å². The third-order valence-electron chi connectivity index (χ3n) is 6.49. The summed E-state index contributed by atoms with van der Waals surface area (Å²) in [6.45, 7) is 9.40. The van der Waals surface area contributed by atoms with Crippen LogP contribution >= 0.6 is 0 Å². The van der Waals surface area contributed by atoms with Crippen LogP contribution in [-0.2, 0) is 10.8 Å². The second-order valence-electron chi connectivity index (χ2n) is 9.48. The first kappa shape index (κ1) is 19.4. The van der Waals surface area contributed by atoms with Crippen molar-refractivity contribution in [2.75, 3.05) is 0 Å². The molecule has 0 aliphatic heterocycles. The summed E-state index contributed by atoms with van der Waals surface area (Å²) in [6, 6.07) is 21.7. The standard InChI is InChI=1S/C27H28O2/c1-26(2)15-16-27(3,4)23-17-21(9-12-22(23)26)20-7-5-18(6-8-20)19-10-13-24(28)25(29)14-11-19/h5-14,17H,15-16H2,1-4H3,(H,28,29). The number of fused-ring (bicyclic) bond motifs is 1. The second-order valence-corrected chi connectivity index (χ2v) is 9.48. The van der Waals surface area contributed by atoms with Gasteiger partial charge in [0.2, 0.25) is 5.43 Å². The van der Waals surface area contributed by atoms with Crippen molar-refractivity contribution in [2.45, 2.75) is 51.4 Å². The molecule has 1 aliphatic rings. The third kappa shape index (κ3) is 3.60. The first-order valence-corrected chi connectivity index (χ1v) is 10.3. The van der Waals surface area contributed by atoms with Crippen molar-refractivity contribution in [3.63, 3.8) is 0 Å². The molecule has 2 nitrogen and oxygen atoms in total. The zero-order valence-corrected chi connectivity index (χ0v) is 17.6. The molecule has 0 fully saturated rings. The van der Waals surface area contributed by atoms with Crippen LogP contribution in [0.2, 0.25) is 0 Å². The van der Waals surface area contributed by atoms with E-state index in [2.05, 4.69) is 70.2 Å². The summed E-state index contributed by atoms with van der Waals surface area (Å²) in [5.41, 5.74) is 7.32. The van der Waals surface area contributed by atoms with Gasteiger partial charge in [0.1, 0.15) is 0 Å². The lowest BCUT2D eigenvalue weighted by Gasteiger charge is -2.42. The molecule has 148 valence electrons. The second kappa shape index (κ2) is 6.88. The van der Waals surface area contributed by atoms with Crippen molar-refractivity contribution in [2.24, 2.45) is 0 Å². The molecular formula is C27H28O2. The van der Waals surface area contributed by atoms with E-state index in [1.54, 1.807) is 12.1 Å². The van der Waals surface area contributed by atoms with Crippen LogP contribution in [0.25, 0.3) is 22.3 Å². The molecule has 1 aliphatic carbocycles. The molecular weight excluding hydrogens is 356 g/mol. The predicted octanol–water partition coefficient (Wildman–Crippen LogP) is 6.44. The average Bonchev–Trinajstić information content (AvgIpc) is 2.87. The molecule has 0 amide bonds. The van der Waals surface area contributed by atoms with Crippen LogP contribution in [0.15, 0.2) is 71.5 Å². The van der Waals surface area contributed by atoms with Crippen LogP contribution in [0.3, 0.4) is 0 Å². The molecule has 0 saturated heterocycles. The molecule has 3 aromatic rings. The van der Waals surface area contributed by atoms with Gasteiger partial charge < -0.3 is 5.11 Å². The normalized spacial score (nSPS) is 16.8. The van der Waals surface area contributed by atoms with Gasteiger partial charge in [0.05, 0.1) is 0 Å². The smallest absolute Gasteiger partial charge is 0.220 e. The molecule has 29 heavy (non-hydrogen) atoms. The fourth-order valence-electron chi connectivity index (χ4n) is 4.37. The lowest BCUT2D eigenvalue weighted by atomic mass is 9.63. The summed E-state index contributed by atoms with van der Waals surface area (Å²) in [7, 11) is 0. The molecule has 0 saturated carbocycles. The lowest BCUT2D eigenvalue weighted by molar-refractivity contribution is 0.332. The fourth-order valence-corrected chi connectivity index (χ4v) is 4.37. The minimum Gasteiger partial charge on any atom is -0.504 e. The minimum atomic E-state index is -0.368. The molecule has 1 N–H and O–H groups in total. The zero-order chi connectivity index (χ0) is 20.8. The summed E-state index contributed by atoms with van der Waals surface area (Å²) >= 11 is 0. The van der Waals surface area contributed by atoms with E-state index in [0.717, 1.165) is 11.1 Å². The van der Waals surface area contributed by atoms with E-state index in [1.165, 1.54) is 47.2 Å². The van der Waals surface area contributed by atoms with Crippen LogP contribution in [0.4, 0.5) is 0 Å². The van der Waals surface area contributed by atoms with Crippen molar-refractivity contribution in [1.29, 1.82) is 0 Å². The van der Waals surface area contributed by atoms with Gasteiger partial charge in [0, 0.05) is 0 Å². The third-order valence-corrected chi connectivity index (χ3v) is 6.49. The Hall–Kier alpha value is -2.87. The Morgan fingerprint density at radius 2 is 1.07 bits per heavy atom. The highest BCUT2D eigenvalue weighted by molar-refractivity contribution is 5.71. The topological polar surface area (TPSA) is 37.3 Å². The summed E-state index contributed by atoms with van der Waals surface area (Å²) in [4.78, 5) is 11.6. The SMILES string of the molecule is CC1(C)CCC(C)(C)c2cc(-c3ccc(-c4ccc(O)c(=O)cc4)cc3)ccc21. The average molecular weight is 385 g/mol. The molecule has 0 heterocycles. The number of benzene rings is 2. The molecule has 4 rings (SSSR count). The van der Waals surface area contributed by atoms with Crippen LogP contribution in [0.1, 0.15) is 51.7 Å². The fraction of sp³-hybridized carbons (Fsp3) is 0.296. The van der Waals surface area contributed by atoms with E-state index in [-0.39, 0.29) is 22.0 Å². The van der Waals surface area contributed by atoms with Gasteiger partial charge in [-0.3, -0.25) is 4.79 Å². The van der Waals surface area contributed by atoms with Gasteiger partial charge in [-0.1, -0.05) is 82.3 Å². The summed E-state index contributed by atoms with van der Waals surface area (Å²) in [6.07, 6.45) is 2.42. The van der Waals surface area contributed by atoms with Crippen molar-refractivity contribution < 1.29 is 5.11 Å². The van der Waals surface area contributed by atoms with Crippen LogP contribution in [0.5, 0.6) is 5.75 Å². The van der Waals surface area contributed by atoms with E-state index in [4.69, 9.17) is 0 Å². The van der Waals surface area contributed by atoms with Crippen LogP contribution < -0.4 is 5.43 Å². The van der Waals surface area contributed by atoms with Crippen molar-refractivity contribution >= 4 is 0 Å². The molecule has 0 atom stereocenters. The summed E-state index contributed by atoms with van der Waals surface area (Å²) in [5, 5.41) is 9.61. The van der Waals surface area contributed by atoms with Crippen molar-refractivity contribution in [3.05, 3.63) is 88.1 Å². The van der Waals surface area contributed by atoms with Gasteiger partial charge in [0.15, 0.2) is 5.75 Å². The van der Waals surface area contributed by atoms with Crippen LogP contribution in [0, 0.1) is 0 Å². The van der Waals surface area contributed by atoms with Crippen LogP contribution in [-0.4, -0.2) is 5.11 Å². The maximum absolute atomic E-state index is 11.6. The van der Waals surface area contributed by atoms with Gasteiger partial charge in [-0.05, 0) is 69.2 Å². The van der Waals surface area contributed by atoms with Gasteiger partial charge in [0.25, 0.3) is 0 Å². The van der Waals surface area contributed by atoms with E-state index >= 15 is 0 Å². The van der Waals surface area contributed by atoms with Gasteiger partial charge in [-0.25, -0.2) is 0 Å². The number of aromatic hydroxyl groups is 1. The Balaban J connectivity index is 1.72. The monoisotopic (exact) mass is 384 g/mol. The molecule has 3 aromatic carbocycles. The highest BCUT2D eigenvalue weighted by Crippen LogP contribution is 2.46. The largest absolute Gasteiger partial charge is 0.504 e. The van der Waals surface area contributed by atoms with Gasteiger partial charge >= 0.3 is 0 Å². The van der Waals surface area contributed by atoms with E-state index < -0.39 is 0 Å². The Morgan fingerprint density at radius 3 is 1.69 bits per heavy atom. The highest BCUT2D eigenvalue weighted by atomic mass is 16.3. The number of hydrogen-bond acceptors (Lipinski definition) is 2. The van der Waals surface area contributed by atoms with Crippen molar-refractivity contribution in [3.8, 4) is 28.0 Å². The first-order valence-electron chi connectivity index (χ1n) is 10.3. The molecule has 0 unspecified atom stereocenters. The number of hydrogen-bond donors (Lipinski definition) is 1. The minimum absolute atomic E-state index is 0.192. The molecule has 0 aromatic heterocycles. The predicted molar refractivity (Wildman–Crippen MR) is 121 cm³/mol. The Morgan fingerprint density at radius 1 is 0.621 bits per heavy atom. The number of rotatable bonds is 2. The Labute approximate surface area is 172 Å². The Bertz CT molecular complexity index is 1120. The van der Waals surface area contributed by atoms with Gasteiger partial charge in [-0.15, -0.1) is 0 Å². The van der Waals surface area contributed by atoms with E-state index in [1.807, 2.05) is 0 Å². The quantitative estimate of drug-likeness (QED) is 0.552. The Kier molecular flexibility index (Phi) is 4.61. The van der Waals surface area contributed by atoms with E-state index in [0.29, 0.717) is 0 Å². The lowest BCUT2D eigenvalue weighted by Crippen LogP contribution is -2.33. The van der Waals surface area contributed by atoms with Crippen molar-refractivity contribution in [1.82, 2.24) is 0 Å². The first-order chi connectivity index (χ1) is 13.7. The maximum atomic E-state index is 11.6. The zero-order valence-electron chi connectivity index (χ0n) is 17.6. The molecule has 0 radical (unpaired) electrons. The summed E-state index contributed by atoms with van der Waals surface area (Å²) < 4.78 is 0. The maximum Gasteiger partial charge on any atom is 0.220 e. The summed E-state index contributed by atoms with van der Waals surface area (Å²) in [5.74, 6) is -0.229. The highest BCUT2D eigenvalue weighted by Gasteiger charge is 2.36.